The first-order valence-electron chi connectivity index (χ1n) is 11.4. The predicted octanol–water partition coefficient (Wildman–Crippen LogP) is 6.31. The molecular formula is C26H41NO2Si. The molecule has 0 unspecified atom stereocenters. The van der Waals surface area contributed by atoms with Gasteiger partial charge in [0.2, 0.25) is 0 Å². The Bertz CT molecular complexity index is 672. The zero-order valence-electron chi connectivity index (χ0n) is 19.8. The van der Waals surface area contributed by atoms with Crippen molar-refractivity contribution in [2.24, 2.45) is 0 Å². The number of aliphatic hydroxyl groups excluding tert-OH is 1. The number of rotatable bonds is 11. The lowest BCUT2D eigenvalue weighted by atomic mass is 9.97. The summed E-state index contributed by atoms with van der Waals surface area (Å²) in [5, 5.41) is 14.7. The number of benzene rings is 2. The van der Waals surface area contributed by atoms with Crippen LogP contribution in [0.25, 0.3) is 0 Å². The molecule has 0 aliphatic carbocycles. The van der Waals surface area contributed by atoms with Crippen molar-refractivity contribution < 1.29 is 9.53 Å². The molecule has 30 heavy (non-hydrogen) atoms. The van der Waals surface area contributed by atoms with Crippen molar-refractivity contribution in [1.29, 1.82) is 0 Å². The van der Waals surface area contributed by atoms with Crippen LogP contribution in [0.1, 0.15) is 65.6 Å². The van der Waals surface area contributed by atoms with E-state index in [4.69, 9.17) is 4.43 Å². The summed E-state index contributed by atoms with van der Waals surface area (Å²) in [6.45, 7) is 16.1. The molecule has 2 atom stereocenters. The maximum atomic E-state index is 11.0. The van der Waals surface area contributed by atoms with Crippen LogP contribution in [-0.4, -0.2) is 32.2 Å². The van der Waals surface area contributed by atoms with Gasteiger partial charge in [-0.1, -0.05) is 102 Å². The Morgan fingerprint density at radius 3 is 1.50 bits per heavy atom. The Balaban J connectivity index is 2.15. The molecule has 4 heteroatoms. The van der Waals surface area contributed by atoms with Gasteiger partial charge in [-0.25, -0.2) is 0 Å². The largest absolute Gasteiger partial charge is 0.413 e. The summed E-state index contributed by atoms with van der Waals surface area (Å²) in [5.74, 6) is 0. The topological polar surface area (TPSA) is 41.5 Å². The highest BCUT2D eigenvalue weighted by Crippen LogP contribution is 2.42. The average molecular weight is 428 g/mol. The molecule has 2 rings (SSSR count). The fourth-order valence-corrected chi connectivity index (χ4v) is 10.4. The standard InChI is InChI=1S/C26H41NO2Si/c1-19(2)30(20(3)4,21(5)6)29-18-25(28)22(7)27-26(23-14-10-8-11-15-23)24-16-12-9-13-17-24/h8-17,19-22,25-28H,18H2,1-7H3/t22-,25+/m1/s1. The van der Waals surface area contributed by atoms with Gasteiger partial charge in [0.05, 0.1) is 18.8 Å². The molecule has 0 fully saturated rings. The van der Waals surface area contributed by atoms with Gasteiger partial charge in [0.1, 0.15) is 0 Å². The first-order valence-corrected chi connectivity index (χ1v) is 13.5. The summed E-state index contributed by atoms with van der Waals surface area (Å²) in [6.07, 6.45) is -0.567. The van der Waals surface area contributed by atoms with E-state index in [0.29, 0.717) is 23.2 Å². The van der Waals surface area contributed by atoms with Gasteiger partial charge in [0.15, 0.2) is 8.32 Å². The second-order valence-corrected chi connectivity index (χ2v) is 14.9. The highest BCUT2D eigenvalue weighted by molar-refractivity contribution is 6.77. The van der Waals surface area contributed by atoms with Crippen LogP contribution >= 0.6 is 0 Å². The Kier molecular flexibility index (Phi) is 9.29. The number of hydrogen-bond donors (Lipinski definition) is 2. The third-order valence-corrected chi connectivity index (χ3v) is 12.6. The molecule has 0 bridgehead atoms. The molecule has 0 saturated heterocycles. The summed E-state index contributed by atoms with van der Waals surface area (Å²) < 4.78 is 6.64. The lowest BCUT2D eigenvalue weighted by Gasteiger charge is -2.43. The average Bonchev–Trinajstić information content (AvgIpc) is 2.72. The Labute approximate surface area is 185 Å². The molecule has 0 aliphatic heterocycles. The highest BCUT2D eigenvalue weighted by Gasteiger charge is 2.45. The molecule has 0 spiro atoms. The van der Waals surface area contributed by atoms with E-state index in [9.17, 15) is 5.11 Å². The predicted molar refractivity (Wildman–Crippen MR) is 130 cm³/mol. The van der Waals surface area contributed by atoms with Crippen LogP contribution in [0.4, 0.5) is 0 Å². The zero-order chi connectivity index (χ0) is 22.3. The van der Waals surface area contributed by atoms with Crippen molar-refractivity contribution in [3.05, 3.63) is 71.8 Å². The summed E-state index contributed by atoms with van der Waals surface area (Å²) >= 11 is 0. The van der Waals surface area contributed by atoms with Gasteiger partial charge >= 0.3 is 0 Å². The third-order valence-electron chi connectivity index (χ3n) is 6.48. The quantitative estimate of drug-likeness (QED) is 0.413. The Morgan fingerprint density at radius 1 is 0.733 bits per heavy atom. The van der Waals surface area contributed by atoms with Gasteiger partial charge in [-0.05, 0) is 34.7 Å². The maximum Gasteiger partial charge on any atom is 0.200 e. The van der Waals surface area contributed by atoms with Crippen LogP contribution in [0.15, 0.2) is 60.7 Å². The molecular weight excluding hydrogens is 386 g/mol. The summed E-state index contributed by atoms with van der Waals surface area (Å²) in [5.41, 5.74) is 3.91. The van der Waals surface area contributed by atoms with E-state index in [1.807, 2.05) is 12.1 Å². The van der Waals surface area contributed by atoms with Gasteiger partial charge in [0.25, 0.3) is 0 Å². The molecule has 0 saturated carbocycles. The van der Waals surface area contributed by atoms with Gasteiger partial charge < -0.3 is 14.8 Å². The smallest absolute Gasteiger partial charge is 0.200 e. The van der Waals surface area contributed by atoms with Crippen LogP contribution in [0.3, 0.4) is 0 Å². The van der Waals surface area contributed by atoms with Crippen molar-refractivity contribution >= 4 is 8.32 Å². The zero-order valence-corrected chi connectivity index (χ0v) is 20.8. The summed E-state index contributed by atoms with van der Waals surface area (Å²) in [6, 6.07) is 20.8. The van der Waals surface area contributed by atoms with Crippen LogP contribution in [0.2, 0.25) is 16.6 Å². The molecule has 0 amide bonds. The monoisotopic (exact) mass is 427 g/mol. The lowest BCUT2D eigenvalue weighted by molar-refractivity contribution is 0.0682. The number of hydrogen-bond acceptors (Lipinski definition) is 3. The van der Waals surface area contributed by atoms with Crippen LogP contribution in [0, 0.1) is 0 Å². The minimum atomic E-state index is -1.99. The molecule has 2 N–H and O–H groups in total. The van der Waals surface area contributed by atoms with E-state index in [0.717, 1.165) is 0 Å². The van der Waals surface area contributed by atoms with Crippen molar-refractivity contribution in [3.63, 3.8) is 0 Å². The van der Waals surface area contributed by atoms with E-state index >= 15 is 0 Å². The normalized spacial score (nSPS) is 14.7. The molecule has 0 radical (unpaired) electrons. The van der Waals surface area contributed by atoms with Crippen molar-refractivity contribution in [2.75, 3.05) is 6.61 Å². The second kappa shape index (κ2) is 11.2. The first-order chi connectivity index (χ1) is 14.2. The molecule has 2 aromatic carbocycles. The fourth-order valence-electron chi connectivity index (χ4n) is 4.92. The third kappa shape index (κ3) is 5.82. The lowest BCUT2D eigenvalue weighted by Crippen LogP contribution is -2.51. The highest BCUT2D eigenvalue weighted by atomic mass is 28.4. The van der Waals surface area contributed by atoms with Crippen LogP contribution in [0.5, 0.6) is 0 Å². The van der Waals surface area contributed by atoms with Crippen molar-refractivity contribution in [2.45, 2.75) is 83.3 Å². The minimum absolute atomic E-state index is 0.0272. The van der Waals surface area contributed by atoms with E-state index < -0.39 is 14.4 Å². The molecule has 0 aromatic heterocycles. The molecule has 2 aromatic rings. The van der Waals surface area contributed by atoms with Gasteiger partial charge in [-0.2, -0.15) is 0 Å². The Morgan fingerprint density at radius 2 is 1.13 bits per heavy atom. The molecule has 0 heterocycles. The molecule has 0 aliphatic rings. The van der Waals surface area contributed by atoms with Gasteiger partial charge in [-0.15, -0.1) is 0 Å². The maximum absolute atomic E-state index is 11.0. The van der Waals surface area contributed by atoms with Crippen LogP contribution < -0.4 is 5.32 Å². The van der Waals surface area contributed by atoms with Crippen molar-refractivity contribution in [1.82, 2.24) is 5.32 Å². The second-order valence-electron chi connectivity index (χ2n) is 9.41. The SMILES string of the molecule is CC(C)[Si](OC[C@H](O)[C@@H](C)NC(c1ccccc1)c1ccccc1)(C(C)C)C(C)C. The van der Waals surface area contributed by atoms with E-state index in [2.05, 4.69) is 102 Å². The summed E-state index contributed by atoms with van der Waals surface area (Å²) in [4.78, 5) is 0. The molecule has 166 valence electrons. The van der Waals surface area contributed by atoms with E-state index in [1.54, 1.807) is 0 Å². The summed E-state index contributed by atoms with van der Waals surface area (Å²) in [7, 11) is -1.99. The first kappa shape index (κ1) is 24.8. The van der Waals surface area contributed by atoms with E-state index in [1.165, 1.54) is 11.1 Å². The van der Waals surface area contributed by atoms with E-state index in [-0.39, 0.29) is 12.1 Å². The Hall–Kier alpha value is -1.46. The van der Waals surface area contributed by atoms with Crippen molar-refractivity contribution in [3.8, 4) is 0 Å². The minimum Gasteiger partial charge on any atom is -0.413 e. The number of nitrogens with one attached hydrogen (secondary N) is 1. The number of aliphatic hydroxyl groups is 1. The fraction of sp³-hybridized carbons (Fsp3) is 0.538. The molecule has 3 nitrogen and oxygen atoms in total. The van der Waals surface area contributed by atoms with Gasteiger partial charge in [0, 0.05) is 6.04 Å². The van der Waals surface area contributed by atoms with Crippen LogP contribution in [-0.2, 0) is 4.43 Å². The van der Waals surface area contributed by atoms with Gasteiger partial charge in [-0.3, -0.25) is 0 Å².